The van der Waals surface area contributed by atoms with Crippen LogP contribution in [0.1, 0.15) is 18.3 Å². The first-order chi connectivity index (χ1) is 8.69. The Labute approximate surface area is 106 Å². The van der Waals surface area contributed by atoms with Crippen LogP contribution in [0.25, 0.3) is 11.3 Å². The number of hydrogen-bond donors (Lipinski definition) is 1. The van der Waals surface area contributed by atoms with Crippen molar-refractivity contribution in [3.63, 3.8) is 0 Å². The summed E-state index contributed by atoms with van der Waals surface area (Å²) >= 11 is 0. The second-order valence-corrected chi connectivity index (χ2v) is 4.06. The van der Waals surface area contributed by atoms with Crippen molar-refractivity contribution in [2.24, 2.45) is 0 Å². The molecule has 0 fully saturated rings. The average Bonchev–Trinajstić information content (AvgIpc) is 2.77. The van der Waals surface area contributed by atoms with Gasteiger partial charge in [0.1, 0.15) is 5.82 Å². The van der Waals surface area contributed by atoms with Gasteiger partial charge in [-0.05, 0) is 25.0 Å². The minimum absolute atomic E-state index is 0.192. The molecule has 1 aromatic carbocycles. The topological polar surface area (TPSA) is 55.0 Å². The fraction of sp³-hybridized carbons (Fsp3) is 0.286. The molecule has 0 amide bonds. The SMILES string of the molecule is CCOC(=O)Cc1ccc(-c2cnc(C)[nH]2)cc1. The number of aromatic nitrogens is 2. The number of H-pyrrole nitrogens is 1. The molecule has 2 rings (SSSR count). The molecule has 4 heteroatoms. The van der Waals surface area contributed by atoms with Crippen LogP contribution in [0.15, 0.2) is 30.5 Å². The number of carbonyl (C=O) groups is 1. The number of ether oxygens (including phenoxy) is 1. The molecular weight excluding hydrogens is 228 g/mol. The highest BCUT2D eigenvalue weighted by molar-refractivity contribution is 5.73. The Hall–Kier alpha value is -2.10. The number of aromatic amines is 1. The Morgan fingerprint density at radius 1 is 1.33 bits per heavy atom. The molecule has 0 saturated carbocycles. The molecule has 0 radical (unpaired) electrons. The molecular formula is C14H16N2O2. The highest BCUT2D eigenvalue weighted by atomic mass is 16.5. The maximum absolute atomic E-state index is 11.3. The first kappa shape index (κ1) is 12.4. The van der Waals surface area contributed by atoms with E-state index >= 15 is 0 Å². The van der Waals surface area contributed by atoms with E-state index in [1.54, 1.807) is 6.20 Å². The van der Waals surface area contributed by atoms with E-state index in [0.29, 0.717) is 13.0 Å². The van der Waals surface area contributed by atoms with Crippen molar-refractivity contribution in [3.05, 3.63) is 41.9 Å². The minimum Gasteiger partial charge on any atom is -0.466 e. The summed E-state index contributed by atoms with van der Waals surface area (Å²) < 4.78 is 4.91. The van der Waals surface area contributed by atoms with E-state index in [9.17, 15) is 4.79 Å². The quantitative estimate of drug-likeness (QED) is 0.841. The highest BCUT2D eigenvalue weighted by Gasteiger charge is 2.05. The number of rotatable bonds is 4. The van der Waals surface area contributed by atoms with Crippen molar-refractivity contribution >= 4 is 5.97 Å². The zero-order valence-electron chi connectivity index (χ0n) is 10.6. The third kappa shape index (κ3) is 2.97. The van der Waals surface area contributed by atoms with E-state index in [0.717, 1.165) is 22.6 Å². The van der Waals surface area contributed by atoms with E-state index in [1.165, 1.54) is 0 Å². The maximum atomic E-state index is 11.3. The van der Waals surface area contributed by atoms with E-state index in [-0.39, 0.29) is 5.97 Å². The van der Waals surface area contributed by atoms with Crippen LogP contribution in [0.4, 0.5) is 0 Å². The summed E-state index contributed by atoms with van der Waals surface area (Å²) in [4.78, 5) is 18.7. The molecule has 1 aromatic heterocycles. The van der Waals surface area contributed by atoms with Crippen LogP contribution in [0.3, 0.4) is 0 Å². The monoisotopic (exact) mass is 244 g/mol. The summed E-state index contributed by atoms with van der Waals surface area (Å²) in [6, 6.07) is 7.81. The summed E-state index contributed by atoms with van der Waals surface area (Å²) in [7, 11) is 0. The smallest absolute Gasteiger partial charge is 0.310 e. The predicted octanol–water partition coefficient (Wildman–Crippen LogP) is 2.49. The van der Waals surface area contributed by atoms with Gasteiger partial charge < -0.3 is 9.72 Å². The molecule has 2 aromatic rings. The number of nitrogens with one attached hydrogen (secondary N) is 1. The van der Waals surface area contributed by atoms with Crippen LogP contribution in [0.5, 0.6) is 0 Å². The summed E-state index contributed by atoms with van der Waals surface area (Å²) in [6.07, 6.45) is 2.12. The Bertz CT molecular complexity index is 529. The van der Waals surface area contributed by atoms with Gasteiger partial charge in [-0.1, -0.05) is 24.3 Å². The van der Waals surface area contributed by atoms with Crippen molar-refractivity contribution in [1.82, 2.24) is 9.97 Å². The molecule has 0 bridgehead atoms. The van der Waals surface area contributed by atoms with E-state index in [4.69, 9.17) is 4.74 Å². The maximum Gasteiger partial charge on any atom is 0.310 e. The highest BCUT2D eigenvalue weighted by Crippen LogP contribution is 2.17. The summed E-state index contributed by atoms with van der Waals surface area (Å²) in [5.74, 6) is 0.697. The summed E-state index contributed by atoms with van der Waals surface area (Å²) in [6.45, 7) is 4.14. The normalized spacial score (nSPS) is 10.3. The van der Waals surface area contributed by atoms with Gasteiger partial charge >= 0.3 is 5.97 Å². The largest absolute Gasteiger partial charge is 0.466 e. The molecule has 1 heterocycles. The number of carbonyl (C=O) groups excluding carboxylic acids is 1. The van der Waals surface area contributed by atoms with Gasteiger partial charge in [0.15, 0.2) is 0 Å². The predicted molar refractivity (Wildman–Crippen MR) is 69.1 cm³/mol. The number of imidazole rings is 1. The molecule has 0 unspecified atom stereocenters. The number of esters is 1. The van der Waals surface area contributed by atoms with E-state index in [1.807, 2.05) is 38.1 Å². The zero-order valence-corrected chi connectivity index (χ0v) is 10.6. The molecule has 1 N–H and O–H groups in total. The third-order valence-electron chi connectivity index (χ3n) is 2.62. The lowest BCUT2D eigenvalue weighted by molar-refractivity contribution is -0.142. The van der Waals surface area contributed by atoms with Crippen LogP contribution >= 0.6 is 0 Å². The Balaban J connectivity index is 2.08. The van der Waals surface area contributed by atoms with Gasteiger partial charge in [0.2, 0.25) is 0 Å². The Kier molecular flexibility index (Phi) is 3.77. The van der Waals surface area contributed by atoms with Gasteiger partial charge in [0, 0.05) is 0 Å². The number of hydrogen-bond acceptors (Lipinski definition) is 3. The van der Waals surface area contributed by atoms with E-state index in [2.05, 4.69) is 9.97 Å². The average molecular weight is 244 g/mol. The van der Waals surface area contributed by atoms with Crippen LogP contribution in [0, 0.1) is 6.92 Å². The lowest BCUT2D eigenvalue weighted by atomic mass is 10.1. The van der Waals surface area contributed by atoms with Crippen molar-refractivity contribution in [2.45, 2.75) is 20.3 Å². The fourth-order valence-electron chi connectivity index (χ4n) is 1.75. The molecule has 0 aliphatic heterocycles. The second-order valence-electron chi connectivity index (χ2n) is 4.06. The number of benzene rings is 1. The minimum atomic E-state index is -0.192. The molecule has 94 valence electrons. The van der Waals surface area contributed by atoms with E-state index < -0.39 is 0 Å². The molecule has 0 aliphatic carbocycles. The van der Waals surface area contributed by atoms with Gasteiger partial charge in [-0.15, -0.1) is 0 Å². The number of nitrogens with zero attached hydrogens (tertiary/aromatic N) is 1. The molecule has 0 saturated heterocycles. The van der Waals surface area contributed by atoms with Crippen LogP contribution in [0.2, 0.25) is 0 Å². The molecule has 4 nitrogen and oxygen atoms in total. The fourth-order valence-corrected chi connectivity index (χ4v) is 1.75. The first-order valence-electron chi connectivity index (χ1n) is 5.95. The zero-order chi connectivity index (χ0) is 13.0. The van der Waals surface area contributed by atoms with Crippen LogP contribution < -0.4 is 0 Å². The molecule has 18 heavy (non-hydrogen) atoms. The third-order valence-corrected chi connectivity index (χ3v) is 2.62. The number of aryl methyl sites for hydroxylation is 1. The lowest BCUT2D eigenvalue weighted by Crippen LogP contribution is -2.07. The molecule has 0 atom stereocenters. The van der Waals surface area contributed by atoms with Gasteiger partial charge in [-0.25, -0.2) is 4.98 Å². The summed E-state index contributed by atoms with van der Waals surface area (Å²) in [5.41, 5.74) is 2.99. The van der Waals surface area contributed by atoms with Crippen molar-refractivity contribution in [2.75, 3.05) is 6.61 Å². The lowest BCUT2D eigenvalue weighted by Gasteiger charge is -2.03. The van der Waals surface area contributed by atoms with Crippen LogP contribution in [-0.4, -0.2) is 22.5 Å². The molecule has 0 spiro atoms. The first-order valence-corrected chi connectivity index (χ1v) is 5.95. The summed E-state index contributed by atoms with van der Waals surface area (Å²) in [5, 5.41) is 0. The van der Waals surface area contributed by atoms with Crippen molar-refractivity contribution < 1.29 is 9.53 Å². The van der Waals surface area contributed by atoms with Crippen molar-refractivity contribution in [3.8, 4) is 11.3 Å². The van der Waals surface area contributed by atoms with Gasteiger partial charge in [-0.2, -0.15) is 0 Å². The van der Waals surface area contributed by atoms with Gasteiger partial charge in [0.05, 0.1) is 24.9 Å². The standard InChI is InChI=1S/C14H16N2O2/c1-3-18-14(17)8-11-4-6-12(7-5-11)13-9-15-10(2)16-13/h4-7,9H,3,8H2,1-2H3,(H,15,16). The van der Waals surface area contributed by atoms with Gasteiger partial charge in [-0.3, -0.25) is 4.79 Å². The van der Waals surface area contributed by atoms with Gasteiger partial charge in [0.25, 0.3) is 0 Å². The van der Waals surface area contributed by atoms with Crippen molar-refractivity contribution in [1.29, 1.82) is 0 Å². The second kappa shape index (κ2) is 5.49. The Morgan fingerprint density at radius 2 is 2.06 bits per heavy atom. The Morgan fingerprint density at radius 3 is 2.61 bits per heavy atom. The molecule has 0 aliphatic rings. The van der Waals surface area contributed by atoms with Crippen LogP contribution in [-0.2, 0) is 16.0 Å².